The number of carbonyl (C=O) groups excluding carboxylic acids is 3. The molecule has 0 saturated heterocycles. The van der Waals surface area contributed by atoms with Gasteiger partial charge in [-0.15, -0.1) is 10.2 Å². The number of aryl methyl sites for hydroxylation is 1. The van der Waals surface area contributed by atoms with Crippen LogP contribution in [-0.2, 0) is 27.8 Å². The minimum atomic E-state index is -0.426. The molecule has 0 saturated carbocycles. The fourth-order valence-electron chi connectivity index (χ4n) is 2.94. The molecule has 3 aromatic rings. The third-order valence-electron chi connectivity index (χ3n) is 4.73. The molecule has 0 unspecified atom stereocenters. The molecule has 0 fully saturated rings. The van der Waals surface area contributed by atoms with Gasteiger partial charge in [0.05, 0.1) is 24.3 Å². The molecule has 0 radical (unpaired) electrons. The van der Waals surface area contributed by atoms with E-state index in [1.165, 1.54) is 11.8 Å². The van der Waals surface area contributed by atoms with E-state index < -0.39 is 5.97 Å². The number of aromatic nitrogens is 3. The summed E-state index contributed by atoms with van der Waals surface area (Å²) >= 11 is 1.20. The van der Waals surface area contributed by atoms with Gasteiger partial charge >= 0.3 is 5.97 Å². The Bertz CT molecular complexity index is 1160. The number of benzene rings is 2. The highest BCUT2D eigenvalue weighted by Gasteiger charge is 2.15. The maximum atomic E-state index is 12.4. The molecule has 0 atom stereocenters. The Labute approximate surface area is 202 Å². The monoisotopic (exact) mass is 481 g/mol. The van der Waals surface area contributed by atoms with Crippen LogP contribution in [0.2, 0.25) is 0 Å². The predicted molar refractivity (Wildman–Crippen MR) is 131 cm³/mol. The van der Waals surface area contributed by atoms with Crippen molar-refractivity contribution in [3.8, 4) is 0 Å². The minimum absolute atomic E-state index is 0.0606. The van der Waals surface area contributed by atoms with Crippen molar-refractivity contribution in [1.29, 1.82) is 0 Å². The van der Waals surface area contributed by atoms with Gasteiger partial charge in [-0.1, -0.05) is 42.4 Å². The van der Waals surface area contributed by atoms with E-state index >= 15 is 0 Å². The molecule has 0 aliphatic rings. The first-order chi connectivity index (χ1) is 16.4. The summed E-state index contributed by atoms with van der Waals surface area (Å²) in [6.07, 6.45) is 0.797. The Morgan fingerprint density at radius 3 is 2.47 bits per heavy atom. The fourth-order valence-corrected chi connectivity index (χ4v) is 3.67. The van der Waals surface area contributed by atoms with Gasteiger partial charge < -0.3 is 19.9 Å². The van der Waals surface area contributed by atoms with E-state index in [0.717, 1.165) is 12.0 Å². The van der Waals surface area contributed by atoms with E-state index in [0.29, 0.717) is 34.5 Å². The Morgan fingerprint density at radius 1 is 1.00 bits per heavy atom. The maximum absolute atomic E-state index is 12.4. The molecule has 0 spiro atoms. The van der Waals surface area contributed by atoms with Crippen LogP contribution >= 0.6 is 11.8 Å². The lowest BCUT2D eigenvalue weighted by atomic mass is 10.2. The molecule has 2 amide bonds. The Hall–Kier alpha value is -3.66. The Balaban J connectivity index is 1.51. The zero-order valence-corrected chi connectivity index (χ0v) is 20.1. The molecule has 1 heterocycles. The van der Waals surface area contributed by atoms with Gasteiger partial charge in [0.15, 0.2) is 5.16 Å². The molecule has 2 N–H and O–H groups in total. The quantitative estimate of drug-likeness (QED) is 0.336. The molecule has 2 aromatic carbocycles. The molecule has 0 aliphatic carbocycles. The molecular weight excluding hydrogens is 454 g/mol. The summed E-state index contributed by atoms with van der Waals surface area (Å²) in [5.41, 5.74) is 2.70. The van der Waals surface area contributed by atoms with E-state index in [2.05, 4.69) is 20.8 Å². The van der Waals surface area contributed by atoms with Gasteiger partial charge in [0.1, 0.15) is 5.82 Å². The zero-order valence-electron chi connectivity index (χ0n) is 19.3. The topological polar surface area (TPSA) is 115 Å². The summed E-state index contributed by atoms with van der Waals surface area (Å²) < 4.78 is 6.81. The number of hydrogen-bond acceptors (Lipinski definition) is 7. The number of thioether (sulfide) groups is 1. The number of rotatable bonds is 10. The van der Waals surface area contributed by atoms with Gasteiger partial charge in [0, 0.05) is 18.4 Å². The average Bonchev–Trinajstić information content (AvgIpc) is 3.16. The molecule has 3 rings (SSSR count). The molecule has 0 bridgehead atoms. The van der Waals surface area contributed by atoms with Crippen molar-refractivity contribution < 1.29 is 19.1 Å². The Kier molecular flexibility index (Phi) is 8.80. The van der Waals surface area contributed by atoms with Crippen LogP contribution in [0.3, 0.4) is 0 Å². The molecule has 0 aliphatic heterocycles. The second-order valence-electron chi connectivity index (χ2n) is 7.60. The van der Waals surface area contributed by atoms with Crippen LogP contribution in [0.1, 0.15) is 35.1 Å². The summed E-state index contributed by atoms with van der Waals surface area (Å²) in [4.78, 5) is 36.7. The number of carbonyl (C=O) groups is 3. The van der Waals surface area contributed by atoms with Crippen molar-refractivity contribution in [2.45, 2.75) is 31.8 Å². The van der Waals surface area contributed by atoms with Gasteiger partial charge in [0.2, 0.25) is 11.8 Å². The summed E-state index contributed by atoms with van der Waals surface area (Å²) in [6.45, 7) is 4.24. The van der Waals surface area contributed by atoms with Crippen molar-refractivity contribution in [3.05, 3.63) is 65.5 Å². The third kappa shape index (κ3) is 7.17. The molecule has 9 nitrogen and oxygen atoms in total. The van der Waals surface area contributed by atoms with Gasteiger partial charge in [-0.05, 0) is 43.7 Å². The lowest BCUT2D eigenvalue weighted by Gasteiger charge is -2.08. The SMILES string of the molecule is CCCOC(=O)c1cccc(NC(=O)CSc2nnc(CC(=O)Nc3ccc(C)cc3)n2C)c1. The van der Waals surface area contributed by atoms with Gasteiger partial charge in [-0.2, -0.15) is 0 Å². The fraction of sp³-hybridized carbons (Fsp3) is 0.292. The number of hydrogen-bond donors (Lipinski definition) is 2. The first-order valence-electron chi connectivity index (χ1n) is 10.8. The van der Waals surface area contributed by atoms with Crippen molar-refractivity contribution in [3.63, 3.8) is 0 Å². The number of amides is 2. The van der Waals surface area contributed by atoms with Crippen LogP contribution in [0.15, 0.2) is 53.7 Å². The summed E-state index contributed by atoms with van der Waals surface area (Å²) in [5, 5.41) is 14.3. The minimum Gasteiger partial charge on any atom is -0.462 e. The second kappa shape index (κ2) is 12.0. The molecular formula is C24H27N5O4S. The highest BCUT2D eigenvalue weighted by Crippen LogP contribution is 2.18. The molecule has 10 heteroatoms. The van der Waals surface area contributed by atoms with Crippen molar-refractivity contribution >= 4 is 40.9 Å². The number of anilines is 2. The van der Waals surface area contributed by atoms with E-state index in [1.54, 1.807) is 35.9 Å². The smallest absolute Gasteiger partial charge is 0.338 e. The standard InChI is InChI=1S/C24H27N5O4S/c1-4-12-33-23(32)17-6-5-7-19(13-17)26-22(31)15-34-24-28-27-20(29(24)3)14-21(30)25-18-10-8-16(2)9-11-18/h5-11,13H,4,12,14-15H2,1-3H3,(H,25,30)(H,26,31). The summed E-state index contributed by atoms with van der Waals surface area (Å²) in [6, 6.07) is 14.1. The van der Waals surface area contributed by atoms with Crippen LogP contribution in [0.4, 0.5) is 11.4 Å². The zero-order chi connectivity index (χ0) is 24.5. The number of esters is 1. The van der Waals surface area contributed by atoms with E-state index in [-0.39, 0.29) is 24.0 Å². The van der Waals surface area contributed by atoms with Gasteiger partial charge in [0.25, 0.3) is 0 Å². The molecule has 178 valence electrons. The van der Waals surface area contributed by atoms with E-state index in [4.69, 9.17) is 4.74 Å². The normalized spacial score (nSPS) is 10.6. The van der Waals surface area contributed by atoms with Crippen molar-refractivity contribution in [2.24, 2.45) is 7.05 Å². The van der Waals surface area contributed by atoms with Crippen LogP contribution in [0, 0.1) is 6.92 Å². The average molecular weight is 482 g/mol. The van der Waals surface area contributed by atoms with Crippen molar-refractivity contribution in [2.75, 3.05) is 23.0 Å². The lowest BCUT2D eigenvalue weighted by Crippen LogP contribution is -2.17. The molecule has 1 aromatic heterocycles. The first kappa shape index (κ1) is 25.0. The van der Waals surface area contributed by atoms with E-state index in [9.17, 15) is 14.4 Å². The van der Waals surface area contributed by atoms with Crippen LogP contribution in [0.25, 0.3) is 0 Å². The largest absolute Gasteiger partial charge is 0.462 e. The van der Waals surface area contributed by atoms with E-state index in [1.807, 2.05) is 38.1 Å². The number of nitrogens with one attached hydrogen (secondary N) is 2. The van der Waals surface area contributed by atoms with Crippen LogP contribution < -0.4 is 10.6 Å². The molecule has 34 heavy (non-hydrogen) atoms. The third-order valence-corrected chi connectivity index (χ3v) is 5.75. The first-order valence-corrected chi connectivity index (χ1v) is 11.8. The Morgan fingerprint density at radius 2 is 1.74 bits per heavy atom. The number of nitrogens with zero attached hydrogens (tertiary/aromatic N) is 3. The maximum Gasteiger partial charge on any atom is 0.338 e. The number of ether oxygens (including phenoxy) is 1. The van der Waals surface area contributed by atoms with Gasteiger partial charge in [-0.25, -0.2) is 4.79 Å². The lowest BCUT2D eigenvalue weighted by molar-refractivity contribution is -0.116. The summed E-state index contributed by atoms with van der Waals surface area (Å²) in [5.74, 6) is -0.306. The highest BCUT2D eigenvalue weighted by molar-refractivity contribution is 7.99. The van der Waals surface area contributed by atoms with Crippen molar-refractivity contribution in [1.82, 2.24) is 14.8 Å². The summed E-state index contributed by atoms with van der Waals surface area (Å²) in [7, 11) is 1.75. The highest BCUT2D eigenvalue weighted by atomic mass is 32.2. The predicted octanol–water partition coefficient (Wildman–Crippen LogP) is 3.60. The van der Waals surface area contributed by atoms with Gasteiger partial charge in [-0.3, -0.25) is 9.59 Å². The van der Waals surface area contributed by atoms with Crippen LogP contribution in [0.5, 0.6) is 0 Å². The second-order valence-corrected chi connectivity index (χ2v) is 8.54. The van der Waals surface area contributed by atoms with Crippen LogP contribution in [-0.4, -0.2) is 44.9 Å².